The van der Waals surface area contributed by atoms with E-state index in [1.807, 2.05) is 30.3 Å². The number of carbonyl (C=O) groups excluding carboxylic acids is 1. The number of benzene rings is 1. The van der Waals surface area contributed by atoms with Crippen molar-refractivity contribution >= 4 is 11.6 Å². The van der Waals surface area contributed by atoms with Gasteiger partial charge in [0, 0.05) is 18.8 Å². The van der Waals surface area contributed by atoms with Gasteiger partial charge in [0.2, 0.25) is 0 Å². The van der Waals surface area contributed by atoms with E-state index in [0.29, 0.717) is 0 Å². The van der Waals surface area contributed by atoms with Gasteiger partial charge in [-0.15, -0.1) is 5.73 Å². The van der Waals surface area contributed by atoms with Crippen LogP contribution in [0.1, 0.15) is 0 Å². The van der Waals surface area contributed by atoms with E-state index < -0.39 is 0 Å². The van der Waals surface area contributed by atoms with Crippen molar-refractivity contribution < 1.29 is 4.79 Å². The Bertz CT molecular complexity index is 336. The zero-order chi connectivity index (χ0) is 9.68. The highest BCUT2D eigenvalue weighted by Crippen LogP contribution is 2.10. The largest absolute Gasteiger partial charge is 0.311 e. The maximum Gasteiger partial charge on any atom is 0.258 e. The molecule has 0 aliphatic carbocycles. The standard InChI is InChI=1S/C11H11NO/c1-3-7-11(13)12(2)10-8-5-4-6-9-10/h4-9H,1H2,2H3. The van der Waals surface area contributed by atoms with Crippen molar-refractivity contribution in [2.75, 3.05) is 11.9 Å². The number of carbonyl (C=O) groups is 1. The minimum absolute atomic E-state index is 0.124. The first-order chi connectivity index (χ1) is 6.25. The average Bonchev–Trinajstić information content (AvgIpc) is 2.18. The zero-order valence-corrected chi connectivity index (χ0v) is 7.53. The second-order valence-electron chi connectivity index (χ2n) is 2.58. The lowest BCUT2D eigenvalue weighted by Gasteiger charge is -2.13. The van der Waals surface area contributed by atoms with E-state index in [-0.39, 0.29) is 5.91 Å². The van der Waals surface area contributed by atoms with Crippen LogP contribution in [0.3, 0.4) is 0 Å². The highest BCUT2D eigenvalue weighted by molar-refractivity contribution is 6.00. The molecular weight excluding hydrogens is 162 g/mol. The Morgan fingerprint density at radius 3 is 2.62 bits per heavy atom. The fraction of sp³-hybridized carbons (Fsp3) is 0.0909. The van der Waals surface area contributed by atoms with Crippen LogP contribution < -0.4 is 4.90 Å². The Hall–Kier alpha value is -1.79. The zero-order valence-electron chi connectivity index (χ0n) is 7.53. The van der Waals surface area contributed by atoms with E-state index in [1.54, 1.807) is 7.05 Å². The molecule has 0 saturated carbocycles. The van der Waals surface area contributed by atoms with E-state index in [2.05, 4.69) is 12.3 Å². The second kappa shape index (κ2) is 4.29. The number of anilines is 1. The summed E-state index contributed by atoms with van der Waals surface area (Å²) in [6.07, 6.45) is 1.31. The van der Waals surface area contributed by atoms with Crippen molar-refractivity contribution in [3.8, 4) is 0 Å². The summed E-state index contributed by atoms with van der Waals surface area (Å²) in [6, 6.07) is 9.42. The molecule has 0 aromatic heterocycles. The van der Waals surface area contributed by atoms with Crippen LogP contribution in [0, 0.1) is 0 Å². The van der Waals surface area contributed by atoms with Crippen LogP contribution in [0.2, 0.25) is 0 Å². The Morgan fingerprint density at radius 2 is 2.08 bits per heavy atom. The van der Waals surface area contributed by atoms with Crippen molar-refractivity contribution in [1.82, 2.24) is 0 Å². The number of para-hydroxylation sites is 1. The van der Waals surface area contributed by atoms with Gasteiger partial charge in [-0.3, -0.25) is 4.79 Å². The first kappa shape index (κ1) is 9.30. The van der Waals surface area contributed by atoms with E-state index in [0.717, 1.165) is 5.69 Å². The van der Waals surface area contributed by atoms with Gasteiger partial charge in [-0.25, -0.2) is 0 Å². The van der Waals surface area contributed by atoms with Crippen LogP contribution in [-0.2, 0) is 4.79 Å². The van der Waals surface area contributed by atoms with Gasteiger partial charge in [0.25, 0.3) is 5.91 Å². The summed E-state index contributed by atoms with van der Waals surface area (Å²) in [4.78, 5) is 12.9. The Morgan fingerprint density at radius 1 is 1.46 bits per heavy atom. The molecule has 1 aromatic rings. The second-order valence-corrected chi connectivity index (χ2v) is 2.58. The lowest BCUT2D eigenvalue weighted by atomic mass is 10.3. The number of hydrogen-bond donors (Lipinski definition) is 0. The van der Waals surface area contributed by atoms with Crippen molar-refractivity contribution in [2.24, 2.45) is 0 Å². The maximum atomic E-state index is 11.3. The lowest BCUT2D eigenvalue weighted by molar-refractivity contribution is -0.113. The normalized spacial score (nSPS) is 8.69. The van der Waals surface area contributed by atoms with Gasteiger partial charge < -0.3 is 4.90 Å². The van der Waals surface area contributed by atoms with E-state index in [1.165, 1.54) is 11.0 Å². The third-order valence-corrected chi connectivity index (χ3v) is 1.70. The molecule has 0 aliphatic heterocycles. The van der Waals surface area contributed by atoms with E-state index in [9.17, 15) is 4.79 Å². The molecule has 66 valence electrons. The molecule has 0 N–H and O–H groups in total. The van der Waals surface area contributed by atoms with Crippen LogP contribution in [0.15, 0.2) is 48.7 Å². The highest BCUT2D eigenvalue weighted by Gasteiger charge is 2.05. The third kappa shape index (κ3) is 2.32. The summed E-state index contributed by atoms with van der Waals surface area (Å²) < 4.78 is 0. The van der Waals surface area contributed by atoms with Crippen molar-refractivity contribution in [3.63, 3.8) is 0 Å². The molecule has 1 aromatic carbocycles. The van der Waals surface area contributed by atoms with E-state index in [4.69, 9.17) is 0 Å². The molecule has 0 unspecified atom stereocenters. The molecule has 13 heavy (non-hydrogen) atoms. The molecule has 0 saturated heterocycles. The summed E-state index contributed by atoms with van der Waals surface area (Å²) in [5.41, 5.74) is 3.31. The molecule has 2 heteroatoms. The van der Waals surface area contributed by atoms with Crippen LogP contribution in [0.4, 0.5) is 5.69 Å². The molecular formula is C11H11NO. The fourth-order valence-corrected chi connectivity index (χ4v) is 0.963. The predicted octanol–water partition coefficient (Wildman–Crippen LogP) is 1.99. The van der Waals surface area contributed by atoms with Crippen LogP contribution in [-0.4, -0.2) is 13.0 Å². The molecule has 2 nitrogen and oxygen atoms in total. The predicted molar refractivity (Wildman–Crippen MR) is 53.6 cm³/mol. The summed E-state index contributed by atoms with van der Waals surface area (Å²) in [7, 11) is 1.71. The number of rotatable bonds is 2. The first-order valence-electron chi connectivity index (χ1n) is 3.94. The lowest BCUT2D eigenvalue weighted by Crippen LogP contribution is -2.23. The van der Waals surface area contributed by atoms with Gasteiger partial charge in [0.05, 0.1) is 0 Å². The fourth-order valence-electron chi connectivity index (χ4n) is 0.963. The quantitative estimate of drug-likeness (QED) is 0.494. The Labute approximate surface area is 77.8 Å². The first-order valence-corrected chi connectivity index (χ1v) is 3.94. The highest BCUT2D eigenvalue weighted by atomic mass is 16.2. The summed E-state index contributed by atoms with van der Waals surface area (Å²) >= 11 is 0. The molecule has 0 atom stereocenters. The number of likely N-dealkylation sites (N-methyl/N-ethyl adjacent to an activating group) is 1. The minimum Gasteiger partial charge on any atom is -0.311 e. The van der Waals surface area contributed by atoms with Crippen LogP contribution in [0.25, 0.3) is 0 Å². The van der Waals surface area contributed by atoms with Crippen molar-refractivity contribution in [3.05, 3.63) is 48.7 Å². The molecule has 0 aliphatic rings. The SMILES string of the molecule is C=C=CC(=O)N(C)c1ccccc1. The Balaban J connectivity index is 2.85. The van der Waals surface area contributed by atoms with Crippen LogP contribution >= 0.6 is 0 Å². The maximum absolute atomic E-state index is 11.3. The van der Waals surface area contributed by atoms with Gasteiger partial charge in [0.15, 0.2) is 0 Å². The molecule has 1 amide bonds. The van der Waals surface area contributed by atoms with Gasteiger partial charge in [-0.2, -0.15) is 0 Å². The average molecular weight is 173 g/mol. The summed E-state index contributed by atoms with van der Waals surface area (Å²) in [5.74, 6) is -0.124. The van der Waals surface area contributed by atoms with Gasteiger partial charge >= 0.3 is 0 Å². The monoisotopic (exact) mass is 173 g/mol. The minimum atomic E-state index is -0.124. The molecule has 0 heterocycles. The summed E-state index contributed by atoms with van der Waals surface area (Å²) in [5, 5.41) is 0. The smallest absolute Gasteiger partial charge is 0.258 e. The van der Waals surface area contributed by atoms with Crippen molar-refractivity contribution in [1.29, 1.82) is 0 Å². The third-order valence-electron chi connectivity index (χ3n) is 1.70. The van der Waals surface area contributed by atoms with Gasteiger partial charge in [0.1, 0.15) is 0 Å². The molecule has 1 rings (SSSR count). The number of amides is 1. The molecule has 0 bridgehead atoms. The van der Waals surface area contributed by atoms with Crippen molar-refractivity contribution in [2.45, 2.75) is 0 Å². The van der Waals surface area contributed by atoms with E-state index >= 15 is 0 Å². The molecule has 0 radical (unpaired) electrons. The van der Waals surface area contributed by atoms with Gasteiger partial charge in [-0.1, -0.05) is 24.8 Å². The van der Waals surface area contributed by atoms with Crippen LogP contribution in [0.5, 0.6) is 0 Å². The number of hydrogen-bond acceptors (Lipinski definition) is 1. The molecule has 0 spiro atoms. The Kier molecular flexibility index (Phi) is 3.07. The van der Waals surface area contributed by atoms with Gasteiger partial charge in [-0.05, 0) is 12.1 Å². The number of nitrogens with zero attached hydrogens (tertiary/aromatic N) is 1. The summed E-state index contributed by atoms with van der Waals surface area (Å²) in [6.45, 7) is 3.35. The molecule has 0 fully saturated rings. The topological polar surface area (TPSA) is 20.3 Å².